The number of amides is 1. The molecule has 140 valence electrons. The van der Waals surface area contributed by atoms with Crippen LogP contribution in [0.2, 0.25) is 0 Å². The number of rotatable bonds is 5. The minimum Gasteiger partial charge on any atom is -0.459 e. The van der Waals surface area contributed by atoms with E-state index >= 15 is 0 Å². The van der Waals surface area contributed by atoms with Crippen LogP contribution in [0.3, 0.4) is 0 Å². The highest BCUT2D eigenvalue weighted by Crippen LogP contribution is 2.28. The van der Waals surface area contributed by atoms with Gasteiger partial charge in [-0.3, -0.25) is 4.79 Å². The zero-order valence-corrected chi connectivity index (χ0v) is 15.9. The number of carbonyl (C=O) groups is 1. The van der Waals surface area contributed by atoms with Crippen molar-refractivity contribution in [1.29, 1.82) is 0 Å². The monoisotopic (exact) mass is 366 g/mol. The Bertz CT molecular complexity index is 969. The average Bonchev–Trinajstić information content (AvgIpc) is 3.07. The molecule has 0 bridgehead atoms. The molecule has 0 aliphatic carbocycles. The molecule has 27 heavy (non-hydrogen) atoms. The normalized spacial score (nSPS) is 10.7. The van der Waals surface area contributed by atoms with Crippen molar-refractivity contribution in [3.8, 4) is 11.3 Å². The Morgan fingerprint density at radius 1 is 1.07 bits per heavy atom. The molecule has 0 spiro atoms. The van der Waals surface area contributed by atoms with Gasteiger partial charge in [0.05, 0.1) is 6.54 Å². The van der Waals surface area contributed by atoms with Gasteiger partial charge in [-0.25, -0.2) is 4.39 Å². The maximum atomic E-state index is 13.7. The Morgan fingerprint density at radius 2 is 1.78 bits per heavy atom. The van der Waals surface area contributed by atoms with Gasteiger partial charge in [-0.15, -0.1) is 0 Å². The first kappa shape index (κ1) is 18.7. The molecule has 1 heterocycles. The third-order valence-corrected chi connectivity index (χ3v) is 4.50. The number of hydrogen-bond acceptors (Lipinski definition) is 3. The fourth-order valence-corrected chi connectivity index (χ4v) is 3.12. The summed E-state index contributed by atoms with van der Waals surface area (Å²) in [4.78, 5) is 11.3. The fraction of sp³-hybridized carbons (Fsp3) is 0.227. The molecule has 0 aliphatic rings. The van der Waals surface area contributed by atoms with Crippen LogP contribution in [0.1, 0.15) is 29.4 Å². The lowest BCUT2D eigenvalue weighted by molar-refractivity contribution is -0.114. The zero-order valence-electron chi connectivity index (χ0n) is 15.9. The third-order valence-electron chi connectivity index (χ3n) is 4.50. The van der Waals surface area contributed by atoms with Crippen LogP contribution in [0.5, 0.6) is 0 Å². The molecule has 0 radical (unpaired) electrons. The third kappa shape index (κ3) is 4.19. The van der Waals surface area contributed by atoms with Crippen molar-refractivity contribution in [2.45, 2.75) is 34.2 Å². The fourth-order valence-electron chi connectivity index (χ4n) is 3.12. The zero-order chi connectivity index (χ0) is 19.6. The van der Waals surface area contributed by atoms with Gasteiger partial charge in [-0.05, 0) is 67.8 Å². The molecule has 3 rings (SSSR count). The molecule has 0 aliphatic heterocycles. The standard InChI is InChI=1S/C22H23FN2O2/c1-13-10-17(11-14(2)22(13)25-16(4)26)24-12-18-8-9-21(27-18)19-6-5-7-20(23)15(19)3/h5-11,24H,12H2,1-4H3,(H,25,26). The van der Waals surface area contributed by atoms with Crippen molar-refractivity contribution < 1.29 is 13.6 Å². The van der Waals surface area contributed by atoms with Crippen LogP contribution in [0.25, 0.3) is 11.3 Å². The molecule has 1 amide bonds. The van der Waals surface area contributed by atoms with E-state index in [1.165, 1.54) is 13.0 Å². The second-order valence-corrected chi connectivity index (χ2v) is 6.70. The summed E-state index contributed by atoms with van der Waals surface area (Å²) in [6.45, 7) is 7.67. The molecular weight excluding hydrogens is 343 g/mol. The van der Waals surface area contributed by atoms with Gasteiger partial charge < -0.3 is 15.1 Å². The Hall–Kier alpha value is -3.08. The van der Waals surface area contributed by atoms with Gasteiger partial charge >= 0.3 is 0 Å². The van der Waals surface area contributed by atoms with E-state index in [1.54, 1.807) is 13.0 Å². The van der Waals surface area contributed by atoms with Crippen molar-refractivity contribution in [2.24, 2.45) is 0 Å². The Labute approximate surface area is 158 Å². The summed E-state index contributed by atoms with van der Waals surface area (Å²) in [6.07, 6.45) is 0. The smallest absolute Gasteiger partial charge is 0.221 e. The quantitative estimate of drug-likeness (QED) is 0.620. The summed E-state index contributed by atoms with van der Waals surface area (Å²) in [5.74, 6) is 1.08. The van der Waals surface area contributed by atoms with E-state index in [9.17, 15) is 9.18 Å². The van der Waals surface area contributed by atoms with Gasteiger partial charge in [0.2, 0.25) is 5.91 Å². The summed E-state index contributed by atoms with van der Waals surface area (Å²) in [6, 6.07) is 12.7. The van der Waals surface area contributed by atoms with Crippen molar-refractivity contribution in [1.82, 2.24) is 0 Å². The van der Waals surface area contributed by atoms with Crippen LogP contribution in [0, 0.1) is 26.6 Å². The Balaban J connectivity index is 1.74. The number of anilines is 2. The first-order chi connectivity index (χ1) is 12.8. The maximum absolute atomic E-state index is 13.7. The summed E-state index contributed by atoms with van der Waals surface area (Å²) < 4.78 is 19.6. The molecule has 2 aromatic carbocycles. The number of furan rings is 1. The molecular formula is C22H23FN2O2. The van der Waals surface area contributed by atoms with E-state index in [0.29, 0.717) is 17.9 Å². The SMILES string of the molecule is CC(=O)Nc1c(C)cc(NCc2ccc(-c3cccc(F)c3C)o2)cc1C. The lowest BCUT2D eigenvalue weighted by Gasteiger charge is -2.13. The predicted molar refractivity (Wildman–Crippen MR) is 106 cm³/mol. The first-order valence-electron chi connectivity index (χ1n) is 8.82. The Kier molecular flexibility index (Phi) is 5.31. The lowest BCUT2D eigenvalue weighted by Crippen LogP contribution is -2.09. The number of nitrogens with one attached hydrogen (secondary N) is 2. The van der Waals surface area contributed by atoms with Gasteiger partial charge in [0.1, 0.15) is 17.3 Å². The van der Waals surface area contributed by atoms with Gasteiger partial charge in [0, 0.05) is 23.9 Å². The molecule has 0 unspecified atom stereocenters. The Morgan fingerprint density at radius 3 is 2.44 bits per heavy atom. The van der Waals surface area contributed by atoms with E-state index in [1.807, 2.05) is 44.2 Å². The minimum absolute atomic E-state index is 0.0855. The highest BCUT2D eigenvalue weighted by atomic mass is 19.1. The van der Waals surface area contributed by atoms with E-state index < -0.39 is 0 Å². The highest BCUT2D eigenvalue weighted by molar-refractivity contribution is 5.91. The highest BCUT2D eigenvalue weighted by Gasteiger charge is 2.11. The number of carbonyl (C=O) groups excluding carboxylic acids is 1. The van der Waals surface area contributed by atoms with Gasteiger partial charge in [0.15, 0.2) is 0 Å². The second kappa shape index (κ2) is 7.66. The molecule has 0 atom stereocenters. The van der Waals surface area contributed by atoms with Crippen LogP contribution in [-0.2, 0) is 11.3 Å². The predicted octanol–water partition coefficient (Wildman–Crippen LogP) is 5.58. The van der Waals surface area contributed by atoms with Crippen LogP contribution >= 0.6 is 0 Å². The summed E-state index contributed by atoms with van der Waals surface area (Å²) in [7, 11) is 0. The molecule has 3 aromatic rings. The molecule has 2 N–H and O–H groups in total. The van der Waals surface area contributed by atoms with Crippen molar-refractivity contribution >= 4 is 17.3 Å². The number of aryl methyl sites for hydroxylation is 2. The van der Waals surface area contributed by atoms with Crippen LogP contribution < -0.4 is 10.6 Å². The van der Waals surface area contributed by atoms with Crippen molar-refractivity contribution in [3.05, 3.63) is 70.7 Å². The second-order valence-electron chi connectivity index (χ2n) is 6.70. The largest absolute Gasteiger partial charge is 0.459 e. The van der Waals surface area contributed by atoms with Crippen molar-refractivity contribution in [3.63, 3.8) is 0 Å². The summed E-state index contributed by atoms with van der Waals surface area (Å²) in [5, 5.41) is 6.19. The maximum Gasteiger partial charge on any atom is 0.221 e. The van der Waals surface area contributed by atoms with Gasteiger partial charge in [-0.1, -0.05) is 12.1 Å². The lowest BCUT2D eigenvalue weighted by atomic mass is 10.1. The molecule has 0 saturated heterocycles. The molecule has 4 nitrogen and oxygen atoms in total. The molecule has 1 aromatic heterocycles. The van der Waals surface area contributed by atoms with Crippen LogP contribution in [0.15, 0.2) is 46.9 Å². The van der Waals surface area contributed by atoms with E-state index in [4.69, 9.17) is 4.42 Å². The number of benzene rings is 2. The molecule has 5 heteroatoms. The van der Waals surface area contributed by atoms with E-state index in [0.717, 1.165) is 33.8 Å². The summed E-state index contributed by atoms with van der Waals surface area (Å²) in [5.41, 5.74) is 5.10. The molecule has 0 fully saturated rings. The van der Waals surface area contributed by atoms with E-state index in [2.05, 4.69) is 10.6 Å². The molecule has 0 saturated carbocycles. The van der Waals surface area contributed by atoms with Crippen molar-refractivity contribution in [2.75, 3.05) is 10.6 Å². The van der Waals surface area contributed by atoms with Gasteiger partial charge in [0.25, 0.3) is 0 Å². The first-order valence-corrected chi connectivity index (χ1v) is 8.82. The van der Waals surface area contributed by atoms with Gasteiger partial charge in [-0.2, -0.15) is 0 Å². The average molecular weight is 366 g/mol. The van der Waals surface area contributed by atoms with Crippen LogP contribution in [0.4, 0.5) is 15.8 Å². The number of halogens is 1. The van der Waals surface area contributed by atoms with Crippen LogP contribution in [-0.4, -0.2) is 5.91 Å². The number of hydrogen-bond donors (Lipinski definition) is 2. The summed E-state index contributed by atoms with van der Waals surface area (Å²) >= 11 is 0. The van der Waals surface area contributed by atoms with E-state index in [-0.39, 0.29) is 11.7 Å². The minimum atomic E-state index is -0.242. The topological polar surface area (TPSA) is 54.3 Å².